The van der Waals surface area contributed by atoms with Crippen LogP contribution in [-0.2, 0) is 4.74 Å². The minimum absolute atomic E-state index is 0.0217. The Kier molecular flexibility index (Phi) is 6.27. The highest BCUT2D eigenvalue weighted by Gasteiger charge is 2.26. The molecule has 0 bridgehead atoms. The predicted molar refractivity (Wildman–Crippen MR) is 84.9 cm³/mol. The quantitative estimate of drug-likeness (QED) is 0.873. The van der Waals surface area contributed by atoms with Gasteiger partial charge in [0.1, 0.15) is 11.5 Å². The minimum Gasteiger partial charge on any atom is -0.465 e. The number of furan rings is 1. The lowest BCUT2D eigenvalue weighted by molar-refractivity contribution is 0.0119. The lowest BCUT2D eigenvalue weighted by Crippen LogP contribution is -2.46. The van der Waals surface area contributed by atoms with Crippen LogP contribution in [0.3, 0.4) is 0 Å². The summed E-state index contributed by atoms with van der Waals surface area (Å²) in [6.45, 7) is 11.0. The number of hydrogen-bond donors (Lipinski definition) is 1. The fourth-order valence-electron chi connectivity index (χ4n) is 2.74. The zero-order valence-corrected chi connectivity index (χ0v) is 13.8. The molecule has 0 saturated carbocycles. The normalized spacial score (nSPS) is 17.2. The number of aryl methyl sites for hydroxylation is 1. The Morgan fingerprint density at radius 3 is 2.55 bits per heavy atom. The zero-order chi connectivity index (χ0) is 15.9. The van der Waals surface area contributed by atoms with Crippen LogP contribution in [0.2, 0.25) is 0 Å². The van der Waals surface area contributed by atoms with E-state index in [9.17, 15) is 4.79 Å². The van der Waals surface area contributed by atoms with E-state index >= 15 is 0 Å². The Morgan fingerprint density at radius 1 is 1.32 bits per heavy atom. The van der Waals surface area contributed by atoms with E-state index < -0.39 is 0 Å². The molecule has 1 N–H and O–H groups in total. The third kappa shape index (κ3) is 4.24. The van der Waals surface area contributed by atoms with Crippen LogP contribution in [0.5, 0.6) is 0 Å². The summed E-state index contributed by atoms with van der Waals surface area (Å²) in [5, 5.41) is 3.03. The number of nitrogens with zero attached hydrogens (tertiary/aromatic N) is 2. The number of morpholine rings is 1. The van der Waals surface area contributed by atoms with Crippen molar-refractivity contribution in [2.45, 2.75) is 26.8 Å². The molecule has 1 aromatic rings. The van der Waals surface area contributed by atoms with Crippen molar-refractivity contribution in [2.24, 2.45) is 0 Å². The molecule has 0 unspecified atom stereocenters. The van der Waals surface area contributed by atoms with Crippen molar-refractivity contribution in [2.75, 3.05) is 45.9 Å². The first-order valence-electron chi connectivity index (χ1n) is 8.06. The number of carbonyl (C=O) groups is 1. The molecule has 22 heavy (non-hydrogen) atoms. The summed E-state index contributed by atoms with van der Waals surface area (Å²) in [4.78, 5) is 16.3. The van der Waals surface area contributed by atoms with Crippen molar-refractivity contribution in [1.29, 1.82) is 0 Å². The van der Waals surface area contributed by atoms with Gasteiger partial charge in [0, 0.05) is 32.7 Å². The fourth-order valence-corrected chi connectivity index (χ4v) is 2.74. The van der Waals surface area contributed by atoms with Crippen LogP contribution in [-0.4, -0.2) is 61.8 Å². The van der Waals surface area contributed by atoms with Crippen LogP contribution >= 0.6 is 0 Å². The van der Waals surface area contributed by atoms with Crippen LogP contribution in [0.15, 0.2) is 16.5 Å². The Hall–Kier alpha value is -1.53. The van der Waals surface area contributed by atoms with E-state index in [1.54, 1.807) is 4.90 Å². The van der Waals surface area contributed by atoms with E-state index in [-0.39, 0.29) is 12.1 Å². The van der Waals surface area contributed by atoms with Crippen molar-refractivity contribution < 1.29 is 13.9 Å². The standard InChI is InChI=1S/C16H27N3O3/c1-4-18(5-2)16(20)17-12-14(15-7-6-13(3)22-15)19-8-10-21-11-9-19/h6-7,14H,4-5,8-12H2,1-3H3,(H,17,20)/t14-/m0/s1. The molecule has 6 heteroatoms. The molecule has 1 atom stereocenters. The van der Waals surface area contributed by atoms with Crippen LogP contribution in [0.25, 0.3) is 0 Å². The summed E-state index contributed by atoms with van der Waals surface area (Å²) in [6, 6.07) is 4.00. The first-order chi connectivity index (χ1) is 10.7. The molecule has 1 aliphatic heterocycles. The first kappa shape index (κ1) is 16.8. The number of nitrogens with one attached hydrogen (secondary N) is 1. The van der Waals surface area contributed by atoms with Gasteiger partial charge in [0.05, 0.1) is 19.3 Å². The Balaban J connectivity index is 2.03. The molecule has 124 valence electrons. The molecule has 2 amide bonds. The second-order valence-corrected chi connectivity index (χ2v) is 5.47. The summed E-state index contributed by atoms with van der Waals surface area (Å²) in [7, 11) is 0. The topological polar surface area (TPSA) is 58.0 Å². The number of carbonyl (C=O) groups excluding carboxylic acids is 1. The van der Waals surface area contributed by atoms with Gasteiger partial charge in [-0.1, -0.05) is 0 Å². The maximum absolute atomic E-state index is 12.2. The van der Waals surface area contributed by atoms with Gasteiger partial charge < -0.3 is 19.4 Å². The van der Waals surface area contributed by atoms with Gasteiger partial charge in [-0.05, 0) is 32.9 Å². The second-order valence-electron chi connectivity index (χ2n) is 5.47. The van der Waals surface area contributed by atoms with Gasteiger partial charge in [-0.3, -0.25) is 4.90 Å². The van der Waals surface area contributed by atoms with E-state index in [2.05, 4.69) is 10.2 Å². The number of amides is 2. The third-order valence-corrected chi connectivity index (χ3v) is 4.07. The smallest absolute Gasteiger partial charge is 0.317 e. The zero-order valence-electron chi connectivity index (χ0n) is 13.8. The van der Waals surface area contributed by atoms with Gasteiger partial charge in [0.15, 0.2) is 0 Å². The molecule has 0 aliphatic carbocycles. The number of rotatable bonds is 6. The Labute approximate surface area is 132 Å². The van der Waals surface area contributed by atoms with E-state index in [1.807, 2.05) is 32.9 Å². The van der Waals surface area contributed by atoms with Crippen LogP contribution in [0.1, 0.15) is 31.4 Å². The van der Waals surface area contributed by atoms with Crippen molar-refractivity contribution >= 4 is 6.03 Å². The molecular formula is C16H27N3O3. The first-order valence-corrected chi connectivity index (χ1v) is 8.06. The van der Waals surface area contributed by atoms with Crippen molar-refractivity contribution in [3.8, 4) is 0 Å². The molecule has 0 spiro atoms. The summed E-state index contributed by atoms with van der Waals surface area (Å²) in [6.07, 6.45) is 0. The average molecular weight is 309 g/mol. The highest BCUT2D eigenvalue weighted by Crippen LogP contribution is 2.23. The van der Waals surface area contributed by atoms with Gasteiger partial charge in [-0.25, -0.2) is 4.79 Å². The maximum Gasteiger partial charge on any atom is 0.317 e. The molecule has 1 saturated heterocycles. The number of urea groups is 1. The molecule has 2 heterocycles. The van der Waals surface area contributed by atoms with E-state index in [0.717, 1.165) is 37.8 Å². The molecular weight excluding hydrogens is 282 g/mol. The van der Waals surface area contributed by atoms with E-state index in [4.69, 9.17) is 9.15 Å². The third-order valence-electron chi connectivity index (χ3n) is 4.07. The summed E-state index contributed by atoms with van der Waals surface area (Å²) >= 11 is 0. The maximum atomic E-state index is 12.2. The molecule has 1 aliphatic rings. The van der Waals surface area contributed by atoms with E-state index in [0.29, 0.717) is 19.6 Å². The number of hydrogen-bond acceptors (Lipinski definition) is 4. The largest absolute Gasteiger partial charge is 0.465 e. The number of ether oxygens (including phenoxy) is 1. The summed E-state index contributed by atoms with van der Waals surface area (Å²) in [5.74, 6) is 1.79. The molecule has 6 nitrogen and oxygen atoms in total. The van der Waals surface area contributed by atoms with Gasteiger partial charge in [-0.15, -0.1) is 0 Å². The highest BCUT2D eigenvalue weighted by molar-refractivity contribution is 5.74. The van der Waals surface area contributed by atoms with Gasteiger partial charge in [0.25, 0.3) is 0 Å². The SMILES string of the molecule is CCN(CC)C(=O)NC[C@@H](c1ccc(C)o1)N1CCOCC1. The molecule has 1 aromatic heterocycles. The molecule has 1 fully saturated rings. The average Bonchev–Trinajstić information content (AvgIpc) is 2.96. The monoisotopic (exact) mass is 309 g/mol. The molecule has 0 aromatic carbocycles. The van der Waals surface area contributed by atoms with Gasteiger partial charge in [-0.2, -0.15) is 0 Å². The fraction of sp³-hybridized carbons (Fsp3) is 0.688. The van der Waals surface area contributed by atoms with Crippen molar-refractivity contribution in [1.82, 2.24) is 15.1 Å². The van der Waals surface area contributed by atoms with Crippen LogP contribution in [0.4, 0.5) is 4.79 Å². The lowest BCUT2D eigenvalue weighted by atomic mass is 10.1. The lowest BCUT2D eigenvalue weighted by Gasteiger charge is -2.33. The van der Waals surface area contributed by atoms with Crippen molar-refractivity contribution in [3.05, 3.63) is 23.7 Å². The molecule has 2 rings (SSSR count). The van der Waals surface area contributed by atoms with Gasteiger partial charge in [0.2, 0.25) is 0 Å². The summed E-state index contributed by atoms with van der Waals surface area (Å²) < 4.78 is 11.2. The van der Waals surface area contributed by atoms with E-state index in [1.165, 1.54) is 0 Å². The second kappa shape index (κ2) is 8.19. The minimum atomic E-state index is -0.0217. The Bertz CT molecular complexity index is 465. The summed E-state index contributed by atoms with van der Waals surface area (Å²) in [5.41, 5.74) is 0. The van der Waals surface area contributed by atoms with Crippen molar-refractivity contribution in [3.63, 3.8) is 0 Å². The van der Waals surface area contributed by atoms with Gasteiger partial charge >= 0.3 is 6.03 Å². The highest BCUT2D eigenvalue weighted by atomic mass is 16.5. The Morgan fingerprint density at radius 2 is 2.00 bits per heavy atom. The molecule has 0 radical (unpaired) electrons. The van der Waals surface area contributed by atoms with Crippen LogP contribution < -0.4 is 5.32 Å². The van der Waals surface area contributed by atoms with Crippen LogP contribution in [0, 0.1) is 6.92 Å². The predicted octanol–water partition coefficient (Wildman–Crippen LogP) is 2.01.